The minimum Gasteiger partial charge on any atom is -0.449 e. The third-order valence-corrected chi connectivity index (χ3v) is 6.68. The number of nitrogens with one attached hydrogen (secondary N) is 1. The Balaban J connectivity index is 1.22. The topological polar surface area (TPSA) is 78.8 Å². The summed E-state index contributed by atoms with van der Waals surface area (Å²) in [6.07, 6.45) is -3.11. The Bertz CT molecular complexity index is 1300. The van der Waals surface area contributed by atoms with Crippen molar-refractivity contribution in [2.75, 3.05) is 13.2 Å². The summed E-state index contributed by atoms with van der Waals surface area (Å²) in [5.74, 6) is -0.0495. The number of aliphatic hydroxyl groups is 2. The molecule has 0 fully saturated rings. The maximum absolute atomic E-state index is 12.4. The highest BCUT2D eigenvalue weighted by atomic mass is 35.5. The van der Waals surface area contributed by atoms with Crippen molar-refractivity contribution >= 4 is 28.5 Å². The van der Waals surface area contributed by atoms with Crippen molar-refractivity contribution in [2.24, 2.45) is 0 Å². The van der Waals surface area contributed by atoms with Gasteiger partial charge in [-0.25, -0.2) is 4.79 Å². The highest BCUT2D eigenvalue weighted by molar-refractivity contribution is 6.35. The summed E-state index contributed by atoms with van der Waals surface area (Å²) >= 11 is 6.33. The predicted octanol–water partition coefficient (Wildman–Crippen LogP) is 5.43. The lowest BCUT2D eigenvalue weighted by Gasteiger charge is -2.21. The molecule has 0 spiro atoms. The van der Waals surface area contributed by atoms with Gasteiger partial charge in [-0.3, -0.25) is 0 Å². The first-order chi connectivity index (χ1) is 16.5. The Labute approximate surface area is 202 Å². The minimum absolute atomic E-state index is 0.0495. The van der Waals surface area contributed by atoms with Gasteiger partial charge in [-0.1, -0.05) is 90.5 Å². The van der Waals surface area contributed by atoms with E-state index >= 15 is 0 Å². The van der Waals surface area contributed by atoms with E-state index in [2.05, 4.69) is 29.6 Å². The number of rotatable bonds is 6. The molecule has 0 saturated carbocycles. The van der Waals surface area contributed by atoms with Gasteiger partial charge in [0, 0.05) is 22.9 Å². The third kappa shape index (κ3) is 4.14. The molecule has 1 aliphatic rings. The van der Waals surface area contributed by atoms with E-state index in [1.807, 2.05) is 42.5 Å². The molecular formula is C28H24ClNO4. The van der Waals surface area contributed by atoms with E-state index in [0.717, 1.165) is 27.6 Å². The summed E-state index contributed by atoms with van der Waals surface area (Å²) in [4.78, 5) is 12.4. The fraction of sp³-hybridized carbons (Fsp3) is 0.179. The molecule has 0 aromatic heterocycles. The molecule has 0 bridgehead atoms. The number of hydrogen-bond acceptors (Lipinski definition) is 4. The first kappa shape index (κ1) is 22.4. The lowest BCUT2D eigenvalue weighted by molar-refractivity contribution is 0.0194. The van der Waals surface area contributed by atoms with Gasteiger partial charge in [0.05, 0.1) is 0 Å². The SMILES string of the molecule is O=C(NCC(O)C(O)c1cccc2cccc(Cl)c12)OCC1c2ccccc2-c2ccccc21. The molecule has 0 aliphatic heterocycles. The molecule has 2 atom stereocenters. The molecular weight excluding hydrogens is 450 g/mol. The van der Waals surface area contributed by atoms with Crippen LogP contribution >= 0.6 is 11.6 Å². The Morgan fingerprint density at radius 1 is 0.882 bits per heavy atom. The van der Waals surface area contributed by atoms with E-state index < -0.39 is 18.3 Å². The number of ether oxygens (including phenoxy) is 1. The van der Waals surface area contributed by atoms with Gasteiger partial charge in [-0.2, -0.15) is 0 Å². The normalized spacial score (nSPS) is 14.3. The zero-order chi connectivity index (χ0) is 23.7. The molecule has 0 heterocycles. The molecule has 1 aliphatic carbocycles. The zero-order valence-corrected chi connectivity index (χ0v) is 19.1. The first-order valence-corrected chi connectivity index (χ1v) is 11.5. The van der Waals surface area contributed by atoms with Gasteiger partial charge in [0.25, 0.3) is 0 Å². The van der Waals surface area contributed by atoms with E-state index in [9.17, 15) is 15.0 Å². The molecule has 34 heavy (non-hydrogen) atoms. The Morgan fingerprint density at radius 3 is 2.18 bits per heavy atom. The Hall–Kier alpha value is -3.38. The van der Waals surface area contributed by atoms with Crippen LogP contribution in [0, 0.1) is 0 Å². The van der Waals surface area contributed by atoms with Crippen molar-refractivity contribution in [3.05, 3.63) is 107 Å². The summed E-state index contributed by atoms with van der Waals surface area (Å²) in [5.41, 5.74) is 5.06. The van der Waals surface area contributed by atoms with Crippen molar-refractivity contribution in [2.45, 2.75) is 18.1 Å². The van der Waals surface area contributed by atoms with E-state index in [4.69, 9.17) is 16.3 Å². The van der Waals surface area contributed by atoms with Gasteiger partial charge in [0.15, 0.2) is 0 Å². The summed E-state index contributed by atoms with van der Waals surface area (Å²) in [5, 5.41) is 25.9. The van der Waals surface area contributed by atoms with Crippen molar-refractivity contribution in [1.29, 1.82) is 0 Å². The van der Waals surface area contributed by atoms with Crippen LogP contribution in [-0.4, -0.2) is 35.6 Å². The molecule has 1 amide bonds. The molecule has 6 heteroatoms. The summed E-state index contributed by atoms with van der Waals surface area (Å²) in [7, 11) is 0. The van der Waals surface area contributed by atoms with Crippen LogP contribution in [0.15, 0.2) is 84.9 Å². The van der Waals surface area contributed by atoms with E-state index in [1.54, 1.807) is 18.2 Å². The van der Waals surface area contributed by atoms with Crippen molar-refractivity contribution in [3.8, 4) is 11.1 Å². The van der Waals surface area contributed by atoms with E-state index in [0.29, 0.717) is 16.0 Å². The molecule has 0 radical (unpaired) electrons. The van der Waals surface area contributed by atoms with Crippen molar-refractivity contribution in [1.82, 2.24) is 5.32 Å². The van der Waals surface area contributed by atoms with Crippen LogP contribution in [0.1, 0.15) is 28.7 Å². The third-order valence-electron chi connectivity index (χ3n) is 6.37. The molecule has 4 aromatic carbocycles. The second-order valence-corrected chi connectivity index (χ2v) is 8.81. The Kier molecular flexibility index (Phi) is 6.24. The van der Waals surface area contributed by atoms with Crippen LogP contribution in [0.5, 0.6) is 0 Å². The predicted molar refractivity (Wildman–Crippen MR) is 133 cm³/mol. The lowest BCUT2D eigenvalue weighted by atomic mass is 9.97. The summed E-state index contributed by atoms with van der Waals surface area (Å²) in [6, 6.07) is 27.1. The highest BCUT2D eigenvalue weighted by Crippen LogP contribution is 2.44. The van der Waals surface area contributed by atoms with Crippen LogP contribution < -0.4 is 5.32 Å². The molecule has 2 unspecified atom stereocenters. The van der Waals surface area contributed by atoms with Gasteiger partial charge >= 0.3 is 6.09 Å². The van der Waals surface area contributed by atoms with Gasteiger partial charge in [0.2, 0.25) is 0 Å². The monoisotopic (exact) mass is 473 g/mol. The highest BCUT2D eigenvalue weighted by Gasteiger charge is 2.29. The average Bonchev–Trinajstić information content (AvgIpc) is 3.19. The molecule has 5 nitrogen and oxygen atoms in total. The largest absolute Gasteiger partial charge is 0.449 e. The number of fused-ring (bicyclic) bond motifs is 4. The van der Waals surface area contributed by atoms with Crippen molar-refractivity contribution in [3.63, 3.8) is 0 Å². The zero-order valence-electron chi connectivity index (χ0n) is 18.3. The number of carbonyl (C=O) groups is 1. The summed E-state index contributed by atoms with van der Waals surface area (Å²) in [6.45, 7) is 0.0100. The molecule has 3 N–H and O–H groups in total. The van der Waals surface area contributed by atoms with Crippen LogP contribution in [0.25, 0.3) is 21.9 Å². The van der Waals surface area contributed by atoms with Crippen LogP contribution in [0.3, 0.4) is 0 Å². The lowest BCUT2D eigenvalue weighted by Crippen LogP contribution is -2.36. The van der Waals surface area contributed by atoms with E-state index in [1.165, 1.54) is 0 Å². The fourth-order valence-electron chi connectivity index (χ4n) is 4.73. The number of aliphatic hydroxyl groups excluding tert-OH is 2. The number of alkyl carbamates (subject to hydrolysis) is 1. The smallest absolute Gasteiger partial charge is 0.407 e. The fourth-order valence-corrected chi connectivity index (χ4v) is 5.02. The number of hydrogen-bond donors (Lipinski definition) is 3. The number of benzene rings is 4. The second-order valence-electron chi connectivity index (χ2n) is 8.40. The maximum Gasteiger partial charge on any atom is 0.407 e. The van der Waals surface area contributed by atoms with Crippen molar-refractivity contribution < 1.29 is 19.7 Å². The quantitative estimate of drug-likeness (QED) is 0.349. The number of amides is 1. The van der Waals surface area contributed by atoms with Gasteiger partial charge < -0.3 is 20.3 Å². The standard InChI is InChI=1S/C28H24ClNO4/c29-24-14-6-8-17-7-5-13-22(26(17)24)27(32)25(31)15-30-28(33)34-16-23-20-11-3-1-9-18(20)19-10-2-4-12-21(19)23/h1-14,23,25,27,31-32H,15-16H2,(H,30,33). The van der Waals surface area contributed by atoms with Gasteiger partial charge in [-0.15, -0.1) is 0 Å². The first-order valence-electron chi connectivity index (χ1n) is 11.2. The van der Waals surface area contributed by atoms with E-state index in [-0.39, 0.29) is 19.1 Å². The minimum atomic E-state index is -1.23. The molecule has 4 aromatic rings. The van der Waals surface area contributed by atoms with Gasteiger partial charge in [0.1, 0.15) is 18.8 Å². The second kappa shape index (κ2) is 9.47. The van der Waals surface area contributed by atoms with Crippen LogP contribution in [0.2, 0.25) is 5.02 Å². The molecule has 172 valence electrons. The maximum atomic E-state index is 12.4. The Morgan fingerprint density at radius 2 is 1.50 bits per heavy atom. The molecule has 5 rings (SSSR count). The average molecular weight is 474 g/mol. The molecule has 0 saturated heterocycles. The van der Waals surface area contributed by atoms with Gasteiger partial charge in [-0.05, 0) is 39.3 Å². The van der Waals surface area contributed by atoms with Crippen LogP contribution in [0.4, 0.5) is 4.79 Å². The number of carbonyl (C=O) groups excluding carboxylic acids is 1. The summed E-state index contributed by atoms with van der Waals surface area (Å²) < 4.78 is 5.50. The number of halogens is 1. The van der Waals surface area contributed by atoms with Crippen LogP contribution in [-0.2, 0) is 4.74 Å².